The number of rotatable bonds is 9. The summed E-state index contributed by atoms with van der Waals surface area (Å²) >= 11 is 5.24. The minimum Gasteiger partial charge on any atom is -0.478 e. The van der Waals surface area contributed by atoms with Crippen molar-refractivity contribution in [1.82, 2.24) is 5.32 Å². The first kappa shape index (κ1) is 25.7. The minimum absolute atomic E-state index is 0.0344. The highest BCUT2D eigenvalue weighted by Crippen LogP contribution is 2.38. The smallest absolute Gasteiger partial charge is 0.337 e. The summed E-state index contributed by atoms with van der Waals surface area (Å²) in [6, 6.07) is 0. The normalized spacial score (nSPS) is 11.8. The van der Waals surface area contributed by atoms with Crippen LogP contribution in [0, 0.1) is 10.7 Å². The first-order chi connectivity index (χ1) is 13.1. The molecule has 6 N–H and O–H groups in total. The highest BCUT2D eigenvalue weighted by atomic mass is 127. The molecule has 1 aromatic carbocycles. The number of anilines is 1. The molecular formula is C15H17I3N2O8. The average molecular weight is 734 g/mol. The molecular weight excluding hydrogens is 717 g/mol. The van der Waals surface area contributed by atoms with Gasteiger partial charge >= 0.3 is 5.97 Å². The van der Waals surface area contributed by atoms with E-state index in [0.717, 1.165) is 4.90 Å². The van der Waals surface area contributed by atoms with E-state index in [1.165, 1.54) is 0 Å². The van der Waals surface area contributed by atoms with Crippen LogP contribution in [0.4, 0.5) is 5.69 Å². The maximum Gasteiger partial charge on any atom is 0.337 e. The Hall–Kier alpha value is -0.340. The second kappa shape index (κ2) is 11.7. The molecule has 0 aliphatic heterocycles. The van der Waals surface area contributed by atoms with Crippen molar-refractivity contribution in [2.24, 2.45) is 0 Å². The number of hydrogen-bond donors (Lipinski definition) is 6. The number of carboxylic acids is 1. The quantitative estimate of drug-likeness (QED) is 0.187. The van der Waals surface area contributed by atoms with Gasteiger partial charge in [-0.15, -0.1) is 0 Å². The van der Waals surface area contributed by atoms with E-state index in [1.807, 2.05) is 0 Å². The van der Waals surface area contributed by atoms with Crippen LogP contribution in [0.3, 0.4) is 0 Å². The summed E-state index contributed by atoms with van der Waals surface area (Å²) in [4.78, 5) is 37.6. The van der Waals surface area contributed by atoms with Gasteiger partial charge in [0.2, 0.25) is 0 Å². The Labute approximate surface area is 200 Å². The Morgan fingerprint density at radius 3 is 2.04 bits per heavy atom. The summed E-state index contributed by atoms with van der Waals surface area (Å²) < 4.78 is 0.530. The summed E-state index contributed by atoms with van der Waals surface area (Å²) in [7, 11) is 0. The van der Waals surface area contributed by atoms with Gasteiger partial charge in [0.05, 0.1) is 43.3 Å². The van der Waals surface area contributed by atoms with Crippen molar-refractivity contribution in [3.8, 4) is 0 Å². The molecule has 0 radical (unpaired) electrons. The van der Waals surface area contributed by atoms with E-state index in [1.54, 1.807) is 67.8 Å². The Kier molecular flexibility index (Phi) is 10.8. The first-order valence-corrected chi connectivity index (χ1v) is 10.9. The highest BCUT2D eigenvalue weighted by molar-refractivity contribution is 14.1. The molecule has 2 amide bonds. The largest absolute Gasteiger partial charge is 0.478 e. The van der Waals surface area contributed by atoms with Crippen molar-refractivity contribution in [2.75, 3.05) is 37.8 Å². The zero-order chi connectivity index (χ0) is 21.6. The molecule has 0 fully saturated rings. The predicted octanol–water partition coefficient (Wildman–Crippen LogP) is -0.401. The number of carbonyl (C=O) groups excluding carboxylic acids is 2. The number of aromatic carboxylic acids is 1. The van der Waals surface area contributed by atoms with Crippen LogP contribution >= 0.6 is 67.8 Å². The number of nitrogens with zero attached hydrogens (tertiary/aromatic N) is 1. The minimum atomic E-state index is -1.32. The lowest BCUT2D eigenvalue weighted by Gasteiger charge is -2.26. The molecule has 0 bridgehead atoms. The topological polar surface area (TPSA) is 168 Å². The maximum absolute atomic E-state index is 12.7. The third-order valence-electron chi connectivity index (χ3n) is 3.47. The van der Waals surface area contributed by atoms with Gasteiger partial charge in [-0.3, -0.25) is 9.59 Å². The summed E-state index contributed by atoms with van der Waals surface area (Å²) in [6.45, 7) is -2.36. The first-order valence-electron chi connectivity index (χ1n) is 7.65. The molecule has 1 aromatic rings. The zero-order valence-corrected chi connectivity index (χ0v) is 20.6. The van der Waals surface area contributed by atoms with E-state index >= 15 is 0 Å². The molecule has 0 heterocycles. The van der Waals surface area contributed by atoms with Gasteiger partial charge in [0.1, 0.15) is 6.61 Å². The number of benzene rings is 1. The lowest BCUT2D eigenvalue weighted by Crippen LogP contribution is -2.39. The predicted molar refractivity (Wildman–Crippen MR) is 124 cm³/mol. The SMILES string of the molecule is O=C(O)c1c(I)c(C(=O)NCC(O)CO)c(I)c(N(CCO)C(=O)CO)c1I. The Balaban J connectivity index is 3.69. The fourth-order valence-electron chi connectivity index (χ4n) is 2.18. The van der Waals surface area contributed by atoms with Gasteiger partial charge in [0, 0.05) is 16.7 Å². The standard InChI is InChI=1S/C15H17I3N2O8/c16-10-8(14(26)19-3-6(24)4-22)11(17)13(12(18)9(10)15(27)28)20(1-2-21)7(25)5-23/h6,21-24H,1-5H2,(H,19,26)(H,27,28). The van der Waals surface area contributed by atoms with Crippen molar-refractivity contribution in [3.05, 3.63) is 21.8 Å². The molecule has 0 saturated heterocycles. The molecule has 13 heteroatoms. The number of amides is 2. The van der Waals surface area contributed by atoms with Crippen LogP contribution in [-0.4, -0.2) is 82.3 Å². The third kappa shape index (κ3) is 5.85. The molecule has 1 rings (SSSR count). The van der Waals surface area contributed by atoms with E-state index in [4.69, 9.17) is 5.11 Å². The molecule has 1 atom stereocenters. The number of carbonyl (C=O) groups is 3. The van der Waals surface area contributed by atoms with E-state index in [9.17, 15) is 34.8 Å². The van der Waals surface area contributed by atoms with E-state index in [0.29, 0.717) is 0 Å². The molecule has 1 unspecified atom stereocenters. The van der Waals surface area contributed by atoms with Crippen LogP contribution in [0.2, 0.25) is 0 Å². The van der Waals surface area contributed by atoms with Crippen molar-refractivity contribution < 1.29 is 39.9 Å². The Morgan fingerprint density at radius 1 is 1.00 bits per heavy atom. The third-order valence-corrected chi connectivity index (χ3v) is 6.65. The maximum atomic E-state index is 12.7. The van der Waals surface area contributed by atoms with E-state index in [2.05, 4.69) is 5.32 Å². The summed E-state index contributed by atoms with van der Waals surface area (Å²) in [6.07, 6.45) is -1.19. The van der Waals surface area contributed by atoms with Crippen LogP contribution in [0.5, 0.6) is 0 Å². The number of hydrogen-bond acceptors (Lipinski definition) is 7. The molecule has 0 aliphatic carbocycles. The number of aliphatic hydroxyl groups is 4. The molecule has 0 spiro atoms. The lowest BCUT2D eigenvalue weighted by molar-refractivity contribution is -0.121. The molecule has 28 heavy (non-hydrogen) atoms. The summed E-state index contributed by atoms with van der Waals surface area (Å²) in [5, 5.41) is 48.8. The van der Waals surface area contributed by atoms with Gasteiger partial charge in [-0.2, -0.15) is 0 Å². The Bertz CT molecular complexity index is 774. The number of nitrogens with one attached hydrogen (secondary N) is 1. The monoisotopic (exact) mass is 734 g/mol. The Morgan fingerprint density at radius 2 is 1.57 bits per heavy atom. The van der Waals surface area contributed by atoms with Gasteiger partial charge in [0.15, 0.2) is 0 Å². The second-order valence-electron chi connectivity index (χ2n) is 5.32. The fraction of sp³-hybridized carbons (Fsp3) is 0.400. The average Bonchev–Trinajstić information content (AvgIpc) is 2.64. The van der Waals surface area contributed by atoms with Gasteiger partial charge < -0.3 is 35.7 Å². The summed E-state index contributed by atoms with van der Waals surface area (Å²) in [5.74, 6) is -2.80. The molecule has 0 aliphatic rings. The van der Waals surface area contributed by atoms with Crippen LogP contribution in [-0.2, 0) is 4.79 Å². The number of aliphatic hydroxyl groups excluding tert-OH is 4. The lowest BCUT2D eigenvalue weighted by atomic mass is 10.1. The molecule has 0 saturated carbocycles. The second-order valence-corrected chi connectivity index (χ2v) is 8.56. The van der Waals surface area contributed by atoms with Crippen molar-refractivity contribution in [3.63, 3.8) is 0 Å². The van der Waals surface area contributed by atoms with Gasteiger partial charge in [-0.05, 0) is 67.8 Å². The van der Waals surface area contributed by atoms with Crippen LogP contribution in [0.1, 0.15) is 20.7 Å². The zero-order valence-electron chi connectivity index (χ0n) is 14.2. The fourth-order valence-corrected chi connectivity index (χ4v) is 6.88. The number of halogens is 3. The van der Waals surface area contributed by atoms with Crippen LogP contribution < -0.4 is 10.2 Å². The van der Waals surface area contributed by atoms with Gasteiger partial charge in [-0.1, -0.05) is 0 Å². The van der Waals surface area contributed by atoms with Gasteiger partial charge in [-0.25, -0.2) is 4.79 Å². The van der Waals surface area contributed by atoms with Crippen molar-refractivity contribution >= 4 is 91.2 Å². The van der Waals surface area contributed by atoms with Gasteiger partial charge in [0.25, 0.3) is 11.8 Å². The van der Waals surface area contributed by atoms with Crippen LogP contribution in [0.25, 0.3) is 0 Å². The van der Waals surface area contributed by atoms with Crippen molar-refractivity contribution in [1.29, 1.82) is 0 Å². The summed E-state index contributed by atoms with van der Waals surface area (Å²) in [5.41, 5.74) is -0.161. The molecule has 0 aromatic heterocycles. The van der Waals surface area contributed by atoms with Crippen LogP contribution in [0.15, 0.2) is 0 Å². The van der Waals surface area contributed by atoms with Crippen molar-refractivity contribution in [2.45, 2.75) is 6.10 Å². The molecule has 156 valence electrons. The van der Waals surface area contributed by atoms with E-state index in [-0.39, 0.29) is 40.6 Å². The molecule has 10 nitrogen and oxygen atoms in total. The number of carboxylic acid groups (broad SMARTS) is 1. The van der Waals surface area contributed by atoms with E-state index < -0.39 is 43.7 Å². The highest BCUT2D eigenvalue weighted by Gasteiger charge is 2.31.